The summed E-state index contributed by atoms with van der Waals surface area (Å²) in [6.07, 6.45) is 0. The second kappa shape index (κ2) is 13.2. The topological polar surface area (TPSA) is 91.5 Å². The number of hydrogen-bond donors (Lipinski definition) is 1. The number of nitrogens with zero attached hydrogens (tertiary/aromatic N) is 4. The Hall–Kier alpha value is -3.59. The van der Waals surface area contributed by atoms with E-state index in [4.69, 9.17) is 38.7 Å². The minimum Gasteiger partial charge on any atom is -0.493 e. The number of amidine groups is 1. The number of carbonyl (C=O) groups is 2. The molecule has 0 spiro atoms. The Morgan fingerprint density at radius 2 is 1.50 bits per heavy atom. The van der Waals surface area contributed by atoms with Gasteiger partial charge in [-0.2, -0.15) is 0 Å². The summed E-state index contributed by atoms with van der Waals surface area (Å²) in [6.45, 7) is 11.1. The number of aliphatic imine (C=N–C) groups is 1. The highest BCUT2D eigenvalue weighted by Gasteiger charge is 2.45. The third-order valence-electron chi connectivity index (χ3n) is 8.11. The highest BCUT2D eigenvalue weighted by Crippen LogP contribution is 2.46. The molecule has 0 saturated carbocycles. The summed E-state index contributed by atoms with van der Waals surface area (Å²) >= 11 is 12.6. The van der Waals surface area contributed by atoms with Gasteiger partial charge in [-0.1, -0.05) is 74.3 Å². The van der Waals surface area contributed by atoms with Crippen molar-refractivity contribution in [3.05, 3.63) is 99.0 Å². The van der Waals surface area contributed by atoms with Crippen molar-refractivity contribution in [2.24, 2.45) is 10.7 Å². The molecule has 2 aliphatic rings. The second-order valence-electron chi connectivity index (χ2n) is 12.2. The second-order valence-corrected chi connectivity index (χ2v) is 13.1. The van der Waals surface area contributed by atoms with E-state index in [2.05, 4.69) is 32.9 Å². The van der Waals surface area contributed by atoms with E-state index in [0.29, 0.717) is 54.4 Å². The summed E-state index contributed by atoms with van der Waals surface area (Å²) < 4.78 is 6.21. The van der Waals surface area contributed by atoms with Crippen molar-refractivity contribution < 1.29 is 14.3 Å². The molecule has 44 heavy (non-hydrogen) atoms. The summed E-state index contributed by atoms with van der Waals surface area (Å²) in [7, 11) is 0. The van der Waals surface area contributed by atoms with Crippen LogP contribution in [0.1, 0.15) is 62.0 Å². The maximum atomic E-state index is 14.7. The maximum Gasteiger partial charge on any atom is 0.326 e. The summed E-state index contributed by atoms with van der Waals surface area (Å²) in [5, 5.41) is 1.23. The van der Waals surface area contributed by atoms with Crippen molar-refractivity contribution in [2.45, 2.75) is 45.2 Å². The van der Waals surface area contributed by atoms with Crippen LogP contribution in [0.2, 0.25) is 10.0 Å². The average molecular weight is 637 g/mol. The van der Waals surface area contributed by atoms with E-state index in [-0.39, 0.29) is 23.9 Å². The zero-order chi connectivity index (χ0) is 31.6. The van der Waals surface area contributed by atoms with Gasteiger partial charge in [-0.3, -0.25) is 19.6 Å². The van der Waals surface area contributed by atoms with E-state index in [1.807, 2.05) is 71.3 Å². The molecule has 1 saturated heterocycles. The lowest BCUT2D eigenvalue weighted by molar-refractivity contribution is -0.119. The minimum absolute atomic E-state index is 0.0976. The van der Waals surface area contributed by atoms with Crippen LogP contribution in [-0.4, -0.2) is 71.8 Å². The first-order chi connectivity index (χ1) is 21.0. The number of benzene rings is 3. The van der Waals surface area contributed by atoms with Gasteiger partial charge in [-0.25, -0.2) is 4.79 Å². The van der Waals surface area contributed by atoms with E-state index in [1.165, 1.54) is 0 Å². The quantitative estimate of drug-likeness (QED) is 0.323. The fraction of sp³-hybridized carbons (Fsp3) is 0.382. The summed E-state index contributed by atoms with van der Waals surface area (Å²) in [6, 6.07) is 20.3. The Kier molecular flexibility index (Phi) is 9.53. The molecule has 0 aromatic heterocycles. The van der Waals surface area contributed by atoms with Gasteiger partial charge in [-0.15, -0.1) is 0 Å². The molecule has 2 atom stereocenters. The number of hydrogen-bond acceptors (Lipinski definition) is 5. The largest absolute Gasteiger partial charge is 0.493 e. The molecular formula is C34H39Cl2N5O3. The van der Waals surface area contributed by atoms with Crippen LogP contribution in [0.25, 0.3) is 0 Å². The number of ether oxygens (including phenoxy) is 1. The van der Waals surface area contributed by atoms with Crippen LogP contribution in [-0.2, 0) is 10.2 Å². The average Bonchev–Trinajstić information content (AvgIpc) is 3.37. The normalized spacial score (nSPS) is 19.2. The molecule has 3 aromatic carbocycles. The molecule has 3 amide bonds. The van der Waals surface area contributed by atoms with E-state index in [9.17, 15) is 9.59 Å². The third-order valence-corrected chi connectivity index (χ3v) is 8.61. The zero-order valence-electron chi connectivity index (χ0n) is 25.6. The van der Waals surface area contributed by atoms with Gasteiger partial charge in [0.25, 0.3) is 0 Å². The number of urea groups is 1. The van der Waals surface area contributed by atoms with E-state index >= 15 is 0 Å². The molecule has 0 radical (unpaired) electrons. The number of rotatable bonds is 7. The van der Waals surface area contributed by atoms with Crippen molar-refractivity contribution in [1.82, 2.24) is 14.7 Å². The van der Waals surface area contributed by atoms with Crippen LogP contribution < -0.4 is 10.5 Å². The van der Waals surface area contributed by atoms with Gasteiger partial charge in [0.2, 0.25) is 5.91 Å². The minimum atomic E-state index is -0.462. The maximum absolute atomic E-state index is 14.7. The number of carbonyl (C=O) groups excluding carboxylic acids is 2. The van der Waals surface area contributed by atoms with Gasteiger partial charge in [-0.05, 0) is 65.4 Å². The molecule has 232 valence electrons. The Morgan fingerprint density at radius 3 is 2.05 bits per heavy atom. The van der Waals surface area contributed by atoms with Crippen LogP contribution in [0.15, 0.2) is 71.7 Å². The van der Waals surface area contributed by atoms with E-state index in [0.717, 1.165) is 22.3 Å². The van der Waals surface area contributed by atoms with Crippen LogP contribution in [0.4, 0.5) is 4.79 Å². The molecule has 8 nitrogen and oxygen atoms in total. The predicted molar refractivity (Wildman–Crippen MR) is 176 cm³/mol. The lowest BCUT2D eigenvalue weighted by atomic mass is 9.86. The highest BCUT2D eigenvalue weighted by atomic mass is 35.5. The Bertz CT molecular complexity index is 1530. The van der Waals surface area contributed by atoms with Gasteiger partial charge >= 0.3 is 6.03 Å². The smallest absolute Gasteiger partial charge is 0.326 e. The number of piperazine rings is 1. The fourth-order valence-corrected chi connectivity index (χ4v) is 6.02. The van der Waals surface area contributed by atoms with Crippen molar-refractivity contribution in [3.63, 3.8) is 0 Å². The molecule has 3 aromatic rings. The first-order valence-corrected chi connectivity index (χ1v) is 15.7. The van der Waals surface area contributed by atoms with Gasteiger partial charge in [0.15, 0.2) is 0 Å². The molecule has 0 bridgehead atoms. The van der Waals surface area contributed by atoms with Crippen molar-refractivity contribution in [3.8, 4) is 5.75 Å². The first-order valence-electron chi connectivity index (χ1n) is 14.9. The molecular weight excluding hydrogens is 597 g/mol. The Balaban J connectivity index is 1.64. The van der Waals surface area contributed by atoms with Crippen LogP contribution in [0.5, 0.6) is 5.75 Å². The third kappa shape index (κ3) is 6.88. The zero-order valence-corrected chi connectivity index (χ0v) is 27.1. The molecule has 5 rings (SSSR count). The van der Waals surface area contributed by atoms with Crippen LogP contribution in [0, 0.1) is 0 Å². The lowest BCUT2D eigenvalue weighted by Gasteiger charge is -2.38. The number of nitrogens with two attached hydrogens (primary N) is 1. The highest BCUT2D eigenvalue weighted by molar-refractivity contribution is 6.30. The summed E-state index contributed by atoms with van der Waals surface area (Å²) in [4.78, 5) is 37.1. The fourth-order valence-electron chi connectivity index (χ4n) is 5.77. The van der Waals surface area contributed by atoms with Crippen molar-refractivity contribution >= 4 is 41.0 Å². The number of halogens is 2. The Labute approximate surface area is 269 Å². The van der Waals surface area contributed by atoms with Crippen molar-refractivity contribution in [1.29, 1.82) is 0 Å². The molecule has 2 N–H and O–H groups in total. The van der Waals surface area contributed by atoms with Gasteiger partial charge in [0.05, 0.1) is 24.8 Å². The Morgan fingerprint density at radius 1 is 0.909 bits per heavy atom. The number of primary amides is 1. The summed E-state index contributed by atoms with van der Waals surface area (Å²) in [5.41, 5.74) is 9.03. The molecule has 2 aliphatic heterocycles. The molecule has 1 fully saturated rings. The first kappa shape index (κ1) is 31.8. The standard InChI is InChI=1S/C34H39Cl2N5O3/c1-5-44-28-20-24(34(2,3)4)10-15-27(28)32-38-30(22-6-11-25(35)12-7-22)31(23-8-13-26(36)14-9-23)41(32)33(43)40-18-16-39(17-19-40)21-29(37)42/h6-15,20,30-31H,5,16-19,21H2,1-4H3,(H2,37,42)/t30-,31+/m0/s1. The van der Waals surface area contributed by atoms with E-state index < -0.39 is 12.1 Å². The SMILES string of the molecule is CCOc1cc(C(C)(C)C)ccc1C1=N[C@@H](c2ccc(Cl)cc2)[C@@H](c2ccc(Cl)cc2)N1C(=O)N1CCN(CC(N)=O)CC1. The van der Waals surface area contributed by atoms with E-state index in [1.54, 1.807) is 4.90 Å². The predicted octanol–water partition coefficient (Wildman–Crippen LogP) is 6.46. The lowest BCUT2D eigenvalue weighted by Crippen LogP contribution is -2.55. The molecule has 10 heteroatoms. The number of amides is 3. The van der Waals surface area contributed by atoms with Gasteiger partial charge < -0.3 is 15.4 Å². The van der Waals surface area contributed by atoms with Gasteiger partial charge in [0, 0.05) is 36.2 Å². The molecule has 0 aliphatic carbocycles. The molecule has 2 heterocycles. The van der Waals surface area contributed by atoms with Gasteiger partial charge in [0.1, 0.15) is 17.6 Å². The van der Waals surface area contributed by atoms with Crippen LogP contribution >= 0.6 is 23.2 Å². The van der Waals surface area contributed by atoms with Crippen molar-refractivity contribution in [2.75, 3.05) is 39.3 Å². The monoisotopic (exact) mass is 635 g/mol. The summed E-state index contributed by atoms with van der Waals surface area (Å²) in [5.74, 6) is 0.835. The molecule has 0 unspecified atom stereocenters. The van der Waals surface area contributed by atoms with Crippen LogP contribution in [0.3, 0.4) is 0 Å².